The highest BCUT2D eigenvalue weighted by Crippen LogP contribution is 2.27. The van der Waals surface area contributed by atoms with Gasteiger partial charge in [0.25, 0.3) is 5.91 Å². The number of phenolic OH excluding ortho intramolecular Hbond substituents is 1. The van der Waals surface area contributed by atoms with E-state index in [1.807, 2.05) is 40.1 Å². The molecular formula is C21H28N6O2. The summed E-state index contributed by atoms with van der Waals surface area (Å²) in [4.78, 5) is 19.1. The second-order valence-electron chi connectivity index (χ2n) is 7.46. The zero-order valence-corrected chi connectivity index (χ0v) is 17.4. The van der Waals surface area contributed by atoms with Crippen LogP contribution in [0.15, 0.2) is 30.7 Å². The normalized spacial score (nSPS) is 11.2. The van der Waals surface area contributed by atoms with Gasteiger partial charge in [-0.3, -0.25) is 4.79 Å². The lowest BCUT2D eigenvalue weighted by atomic mass is 10.1. The Bertz CT molecular complexity index is 1010. The fraction of sp³-hybridized carbons (Fsp3) is 0.381. The first-order valence-corrected chi connectivity index (χ1v) is 9.69. The Balaban J connectivity index is 1.77. The van der Waals surface area contributed by atoms with E-state index in [1.54, 1.807) is 16.8 Å². The number of aryl methyl sites for hydroxylation is 2. The van der Waals surface area contributed by atoms with Gasteiger partial charge in [-0.1, -0.05) is 6.07 Å². The molecule has 3 N–H and O–H groups in total. The first-order chi connectivity index (χ1) is 13.9. The largest absolute Gasteiger partial charge is 0.508 e. The van der Waals surface area contributed by atoms with Gasteiger partial charge in [-0.15, -0.1) is 0 Å². The summed E-state index contributed by atoms with van der Waals surface area (Å²) in [6.07, 6.45) is 5.12. The van der Waals surface area contributed by atoms with Crippen molar-refractivity contribution in [3.8, 4) is 5.75 Å². The number of anilines is 2. The van der Waals surface area contributed by atoms with E-state index in [9.17, 15) is 9.90 Å². The number of phenols is 1. The van der Waals surface area contributed by atoms with Gasteiger partial charge in [0.05, 0.1) is 5.56 Å². The van der Waals surface area contributed by atoms with Gasteiger partial charge in [0.2, 0.25) is 0 Å². The molecule has 0 saturated heterocycles. The molecule has 0 saturated carbocycles. The van der Waals surface area contributed by atoms with Crippen LogP contribution in [0, 0.1) is 13.8 Å². The molecule has 1 amide bonds. The van der Waals surface area contributed by atoms with Gasteiger partial charge < -0.3 is 20.6 Å². The van der Waals surface area contributed by atoms with E-state index in [-0.39, 0.29) is 11.7 Å². The fourth-order valence-corrected chi connectivity index (χ4v) is 3.15. The number of hydrogen-bond acceptors (Lipinski definition) is 6. The van der Waals surface area contributed by atoms with Crippen LogP contribution in [0.4, 0.5) is 11.5 Å². The van der Waals surface area contributed by atoms with Crippen LogP contribution in [0.25, 0.3) is 5.52 Å². The van der Waals surface area contributed by atoms with Crippen molar-refractivity contribution >= 4 is 22.9 Å². The Morgan fingerprint density at radius 2 is 2.03 bits per heavy atom. The van der Waals surface area contributed by atoms with Gasteiger partial charge in [-0.2, -0.15) is 5.10 Å². The summed E-state index contributed by atoms with van der Waals surface area (Å²) in [5.74, 6) is 0.670. The molecule has 0 bridgehead atoms. The predicted molar refractivity (Wildman–Crippen MR) is 114 cm³/mol. The standard InChI is InChI=1S/C21H28N6O2/c1-14-7-8-16(11-18(14)28)25-20-19-15(2)17(12-27(19)24-13-23-20)21(29)22-9-5-6-10-26(3)4/h7-8,11-13,28H,5-6,9-10H2,1-4H3,(H,22,29)(H,23,24,25). The van der Waals surface area contributed by atoms with Crippen molar-refractivity contribution in [3.05, 3.63) is 47.4 Å². The molecule has 154 valence electrons. The van der Waals surface area contributed by atoms with Gasteiger partial charge in [0, 0.05) is 24.5 Å². The quantitative estimate of drug-likeness (QED) is 0.507. The lowest BCUT2D eigenvalue weighted by molar-refractivity contribution is 0.0952. The molecule has 0 aliphatic carbocycles. The second-order valence-corrected chi connectivity index (χ2v) is 7.46. The average Bonchev–Trinajstić information content (AvgIpc) is 3.02. The number of carbonyl (C=O) groups is 1. The first-order valence-electron chi connectivity index (χ1n) is 9.69. The first kappa shape index (κ1) is 20.6. The Kier molecular flexibility index (Phi) is 6.33. The van der Waals surface area contributed by atoms with Crippen molar-refractivity contribution in [2.45, 2.75) is 26.7 Å². The van der Waals surface area contributed by atoms with Crippen LogP contribution in [-0.4, -0.2) is 57.7 Å². The SMILES string of the molecule is Cc1ccc(Nc2ncnn3cc(C(=O)NCCCCN(C)C)c(C)c23)cc1O. The van der Waals surface area contributed by atoms with E-state index in [1.165, 1.54) is 6.33 Å². The minimum atomic E-state index is -0.114. The van der Waals surface area contributed by atoms with Crippen LogP contribution in [0.2, 0.25) is 0 Å². The third-order valence-corrected chi connectivity index (χ3v) is 4.86. The summed E-state index contributed by atoms with van der Waals surface area (Å²) in [6, 6.07) is 5.34. The summed E-state index contributed by atoms with van der Waals surface area (Å²) in [5, 5.41) is 20.4. The summed E-state index contributed by atoms with van der Waals surface area (Å²) in [6.45, 7) is 5.37. The van der Waals surface area contributed by atoms with Crippen LogP contribution in [-0.2, 0) is 0 Å². The van der Waals surface area contributed by atoms with Gasteiger partial charge in [0.1, 0.15) is 17.6 Å². The number of nitrogens with one attached hydrogen (secondary N) is 2. The Hall–Kier alpha value is -3.13. The molecule has 0 aliphatic heterocycles. The monoisotopic (exact) mass is 396 g/mol. The van der Waals surface area contributed by atoms with E-state index in [0.29, 0.717) is 23.6 Å². The molecule has 0 fully saturated rings. The highest BCUT2D eigenvalue weighted by atomic mass is 16.3. The Morgan fingerprint density at radius 3 is 2.76 bits per heavy atom. The van der Waals surface area contributed by atoms with Crippen molar-refractivity contribution < 1.29 is 9.90 Å². The second kappa shape index (κ2) is 8.91. The highest BCUT2D eigenvalue weighted by Gasteiger charge is 2.18. The maximum absolute atomic E-state index is 12.6. The van der Waals surface area contributed by atoms with Crippen LogP contribution in [0.5, 0.6) is 5.75 Å². The number of fused-ring (bicyclic) bond motifs is 1. The van der Waals surface area contributed by atoms with E-state index in [2.05, 4.69) is 25.6 Å². The predicted octanol–water partition coefficient (Wildman–Crippen LogP) is 2.87. The molecule has 0 radical (unpaired) electrons. The molecule has 0 atom stereocenters. The van der Waals surface area contributed by atoms with E-state index in [0.717, 1.165) is 36.0 Å². The summed E-state index contributed by atoms with van der Waals surface area (Å²) >= 11 is 0. The number of carbonyl (C=O) groups excluding carboxylic acids is 1. The molecule has 2 heterocycles. The minimum absolute atomic E-state index is 0.114. The molecule has 3 rings (SSSR count). The molecule has 3 aromatic rings. The number of aromatic nitrogens is 3. The number of aromatic hydroxyl groups is 1. The van der Waals surface area contributed by atoms with Crippen LogP contribution >= 0.6 is 0 Å². The molecular weight excluding hydrogens is 368 g/mol. The Labute approximate surface area is 170 Å². The van der Waals surface area contributed by atoms with Crippen molar-refractivity contribution in [3.63, 3.8) is 0 Å². The molecule has 0 unspecified atom stereocenters. The third kappa shape index (κ3) is 4.83. The number of rotatable bonds is 8. The summed E-state index contributed by atoms with van der Waals surface area (Å²) < 4.78 is 1.65. The van der Waals surface area contributed by atoms with Crippen molar-refractivity contribution in [1.82, 2.24) is 24.8 Å². The van der Waals surface area contributed by atoms with E-state index >= 15 is 0 Å². The number of benzene rings is 1. The van der Waals surface area contributed by atoms with Gasteiger partial charge >= 0.3 is 0 Å². The Morgan fingerprint density at radius 1 is 1.24 bits per heavy atom. The summed E-state index contributed by atoms with van der Waals surface area (Å²) in [5.41, 5.74) is 3.61. The molecule has 0 aliphatic rings. The summed E-state index contributed by atoms with van der Waals surface area (Å²) in [7, 11) is 4.08. The number of hydrogen-bond donors (Lipinski definition) is 3. The van der Waals surface area contributed by atoms with Crippen molar-refractivity contribution in [2.75, 3.05) is 32.5 Å². The van der Waals surface area contributed by atoms with Gasteiger partial charge in [-0.05, 0) is 64.5 Å². The van der Waals surface area contributed by atoms with Crippen molar-refractivity contribution in [2.24, 2.45) is 0 Å². The lowest BCUT2D eigenvalue weighted by Gasteiger charge is -2.10. The maximum atomic E-state index is 12.6. The highest BCUT2D eigenvalue weighted by molar-refractivity contribution is 5.99. The number of amides is 1. The van der Waals surface area contributed by atoms with E-state index in [4.69, 9.17) is 0 Å². The van der Waals surface area contributed by atoms with Gasteiger partial charge in [-0.25, -0.2) is 9.50 Å². The zero-order valence-electron chi connectivity index (χ0n) is 17.4. The van der Waals surface area contributed by atoms with Gasteiger partial charge in [0.15, 0.2) is 5.82 Å². The molecule has 2 aromatic heterocycles. The molecule has 1 aromatic carbocycles. The zero-order chi connectivity index (χ0) is 21.0. The third-order valence-electron chi connectivity index (χ3n) is 4.86. The topological polar surface area (TPSA) is 94.8 Å². The minimum Gasteiger partial charge on any atom is -0.508 e. The smallest absolute Gasteiger partial charge is 0.253 e. The maximum Gasteiger partial charge on any atom is 0.253 e. The van der Waals surface area contributed by atoms with Crippen molar-refractivity contribution in [1.29, 1.82) is 0 Å². The van der Waals surface area contributed by atoms with Crippen LogP contribution < -0.4 is 10.6 Å². The van der Waals surface area contributed by atoms with E-state index < -0.39 is 0 Å². The molecule has 8 heteroatoms. The van der Waals surface area contributed by atoms with Crippen LogP contribution in [0.1, 0.15) is 34.3 Å². The fourth-order valence-electron chi connectivity index (χ4n) is 3.15. The average molecular weight is 396 g/mol. The molecule has 8 nitrogen and oxygen atoms in total. The number of unbranched alkanes of at least 4 members (excludes halogenated alkanes) is 1. The molecule has 29 heavy (non-hydrogen) atoms. The van der Waals surface area contributed by atoms with Crippen LogP contribution in [0.3, 0.4) is 0 Å². The lowest BCUT2D eigenvalue weighted by Crippen LogP contribution is -2.25. The molecule has 0 spiro atoms. The number of nitrogens with zero attached hydrogens (tertiary/aromatic N) is 4.